The van der Waals surface area contributed by atoms with Gasteiger partial charge in [0.2, 0.25) is 0 Å². The summed E-state index contributed by atoms with van der Waals surface area (Å²) in [4.78, 5) is 12.2. The second-order valence-electron chi connectivity index (χ2n) is 6.06. The van der Waals surface area contributed by atoms with E-state index in [9.17, 15) is 4.79 Å². The third-order valence-electron chi connectivity index (χ3n) is 3.45. The lowest BCUT2D eigenvalue weighted by Crippen LogP contribution is -2.36. The van der Waals surface area contributed by atoms with E-state index >= 15 is 0 Å². The van der Waals surface area contributed by atoms with Gasteiger partial charge in [0.1, 0.15) is 5.78 Å². The third kappa shape index (κ3) is 3.05. The standard InChI is InChI=1S/C13H25NO2/c1-6-9(14)7-11(15)10-8-12(2,3)16-13(10,4)5/h9-10H,6-8,14H2,1-5H3. The van der Waals surface area contributed by atoms with Crippen molar-refractivity contribution < 1.29 is 9.53 Å². The monoisotopic (exact) mass is 227 g/mol. The van der Waals surface area contributed by atoms with E-state index in [0.717, 1.165) is 12.8 Å². The number of Topliss-reactive ketones (excluding diaryl/α,β-unsaturated/α-hetero) is 1. The molecule has 1 fully saturated rings. The summed E-state index contributed by atoms with van der Waals surface area (Å²) in [6, 6.07) is -0.00740. The van der Waals surface area contributed by atoms with E-state index in [0.29, 0.717) is 6.42 Å². The van der Waals surface area contributed by atoms with Gasteiger partial charge in [0, 0.05) is 18.4 Å². The van der Waals surface area contributed by atoms with Crippen LogP contribution in [0.25, 0.3) is 0 Å². The molecule has 3 nitrogen and oxygen atoms in total. The van der Waals surface area contributed by atoms with Crippen molar-refractivity contribution in [3.05, 3.63) is 0 Å². The van der Waals surface area contributed by atoms with Gasteiger partial charge in [-0.1, -0.05) is 6.92 Å². The van der Waals surface area contributed by atoms with Crippen LogP contribution in [0, 0.1) is 5.92 Å². The first-order valence-corrected chi connectivity index (χ1v) is 6.16. The average molecular weight is 227 g/mol. The van der Waals surface area contributed by atoms with Gasteiger partial charge in [-0.25, -0.2) is 0 Å². The Morgan fingerprint density at radius 2 is 2.00 bits per heavy atom. The summed E-state index contributed by atoms with van der Waals surface area (Å²) in [6.07, 6.45) is 2.13. The fraction of sp³-hybridized carbons (Fsp3) is 0.923. The van der Waals surface area contributed by atoms with Crippen LogP contribution in [0.1, 0.15) is 53.9 Å². The van der Waals surface area contributed by atoms with Crippen LogP contribution in [-0.2, 0) is 9.53 Å². The molecule has 1 aliphatic heterocycles. The number of carbonyl (C=O) groups excluding carboxylic acids is 1. The van der Waals surface area contributed by atoms with Crippen molar-refractivity contribution >= 4 is 5.78 Å². The second-order valence-corrected chi connectivity index (χ2v) is 6.06. The number of nitrogens with two attached hydrogens (primary N) is 1. The van der Waals surface area contributed by atoms with E-state index in [1.807, 2.05) is 34.6 Å². The molecule has 0 saturated carbocycles. The molecule has 0 radical (unpaired) electrons. The van der Waals surface area contributed by atoms with Crippen LogP contribution in [-0.4, -0.2) is 23.0 Å². The Morgan fingerprint density at radius 1 is 1.44 bits per heavy atom. The summed E-state index contributed by atoms with van der Waals surface area (Å²) in [5, 5.41) is 0. The Morgan fingerprint density at radius 3 is 2.38 bits per heavy atom. The highest BCUT2D eigenvalue weighted by Gasteiger charge is 2.48. The quantitative estimate of drug-likeness (QED) is 0.801. The SMILES string of the molecule is CCC(N)CC(=O)C1CC(C)(C)OC1(C)C. The van der Waals surface area contributed by atoms with Crippen molar-refractivity contribution in [2.24, 2.45) is 11.7 Å². The first-order valence-electron chi connectivity index (χ1n) is 6.16. The van der Waals surface area contributed by atoms with Gasteiger partial charge < -0.3 is 10.5 Å². The molecular formula is C13H25NO2. The molecule has 94 valence electrons. The Kier molecular flexibility index (Phi) is 3.80. The smallest absolute Gasteiger partial charge is 0.140 e. The molecule has 3 heteroatoms. The number of carbonyl (C=O) groups is 1. The minimum Gasteiger partial charge on any atom is -0.369 e. The van der Waals surface area contributed by atoms with Gasteiger partial charge in [-0.05, 0) is 40.5 Å². The fourth-order valence-electron chi connectivity index (χ4n) is 2.61. The summed E-state index contributed by atoms with van der Waals surface area (Å²) in [6.45, 7) is 10.1. The predicted molar refractivity (Wildman–Crippen MR) is 65.2 cm³/mol. The van der Waals surface area contributed by atoms with E-state index in [4.69, 9.17) is 10.5 Å². The van der Waals surface area contributed by atoms with E-state index in [1.165, 1.54) is 0 Å². The zero-order chi connectivity index (χ0) is 12.6. The van der Waals surface area contributed by atoms with Crippen LogP contribution in [0.4, 0.5) is 0 Å². The summed E-state index contributed by atoms with van der Waals surface area (Å²) in [7, 11) is 0. The summed E-state index contributed by atoms with van der Waals surface area (Å²) in [5.74, 6) is 0.241. The van der Waals surface area contributed by atoms with Crippen LogP contribution < -0.4 is 5.73 Å². The summed E-state index contributed by atoms with van der Waals surface area (Å²) < 4.78 is 5.92. The molecule has 0 aromatic carbocycles. The fourth-order valence-corrected chi connectivity index (χ4v) is 2.61. The number of ketones is 1. The van der Waals surface area contributed by atoms with Crippen LogP contribution in [0.15, 0.2) is 0 Å². The van der Waals surface area contributed by atoms with Crippen molar-refractivity contribution in [2.45, 2.75) is 71.1 Å². The number of rotatable bonds is 4. The highest BCUT2D eigenvalue weighted by Crippen LogP contribution is 2.42. The van der Waals surface area contributed by atoms with Gasteiger partial charge in [-0.2, -0.15) is 0 Å². The normalized spacial score (nSPS) is 29.0. The lowest BCUT2D eigenvalue weighted by molar-refractivity contribution is -0.129. The van der Waals surface area contributed by atoms with Crippen molar-refractivity contribution in [1.82, 2.24) is 0 Å². The molecule has 1 heterocycles. The first kappa shape index (κ1) is 13.7. The molecule has 2 atom stereocenters. The maximum Gasteiger partial charge on any atom is 0.140 e. The van der Waals surface area contributed by atoms with Crippen molar-refractivity contribution in [3.8, 4) is 0 Å². The Labute approximate surface area is 98.7 Å². The molecule has 0 aromatic heterocycles. The van der Waals surface area contributed by atoms with E-state index in [1.54, 1.807) is 0 Å². The van der Waals surface area contributed by atoms with Gasteiger partial charge in [-0.15, -0.1) is 0 Å². The first-order chi connectivity index (χ1) is 7.18. The molecule has 0 bridgehead atoms. The Bertz CT molecular complexity index is 271. The topological polar surface area (TPSA) is 52.3 Å². The summed E-state index contributed by atoms with van der Waals surface area (Å²) in [5.41, 5.74) is 5.29. The van der Waals surface area contributed by atoms with Crippen LogP contribution in [0.3, 0.4) is 0 Å². The molecule has 0 amide bonds. The molecule has 0 spiro atoms. The van der Waals surface area contributed by atoms with E-state index in [2.05, 4.69) is 0 Å². The summed E-state index contributed by atoms with van der Waals surface area (Å²) >= 11 is 0. The molecule has 1 saturated heterocycles. The molecule has 16 heavy (non-hydrogen) atoms. The van der Waals surface area contributed by atoms with Gasteiger partial charge >= 0.3 is 0 Å². The number of hydrogen-bond acceptors (Lipinski definition) is 3. The maximum absolute atomic E-state index is 12.2. The van der Waals surface area contributed by atoms with Crippen LogP contribution >= 0.6 is 0 Å². The van der Waals surface area contributed by atoms with Crippen LogP contribution in [0.5, 0.6) is 0 Å². The lowest BCUT2D eigenvalue weighted by Gasteiger charge is -2.27. The molecular weight excluding hydrogens is 202 g/mol. The van der Waals surface area contributed by atoms with E-state index < -0.39 is 0 Å². The molecule has 0 aliphatic carbocycles. The lowest BCUT2D eigenvalue weighted by atomic mass is 9.82. The zero-order valence-corrected chi connectivity index (χ0v) is 11.2. The van der Waals surface area contributed by atoms with Crippen molar-refractivity contribution in [1.29, 1.82) is 0 Å². The highest BCUT2D eigenvalue weighted by molar-refractivity contribution is 5.83. The highest BCUT2D eigenvalue weighted by atomic mass is 16.5. The maximum atomic E-state index is 12.2. The molecule has 0 aromatic rings. The predicted octanol–water partition coefficient (Wildman–Crippen LogP) is 2.28. The van der Waals surface area contributed by atoms with Gasteiger partial charge in [-0.3, -0.25) is 4.79 Å². The van der Waals surface area contributed by atoms with Gasteiger partial charge in [0.25, 0.3) is 0 Å². The number of hydrogen-bond donors (Lipinski definition) is 1. The van der Waals surface area contributed by atoms with Crippen molar-refractivity contribution in [3.63, 3.8) is 0 Å². The minimum atomic E-state index is -0.353. The Balaban J connectivity index is 2.70. The molecule has 2 unspecified atom stereocenters. The minimum absolute atomic E-state index is 0.00740. The van der Waals surface area contributed by atoms with Crippen molar-refractivity contribution in [2.75, 3.05) is 0 Å². The second kappa shape index (κ2) is 4.46. The van der Waals surface area contributed by atoms with Gasteiger partial charge in [0.05, 0.1) is 11.2 Å². The Hall–Kier alpha value is -0.410. The van der Waals surface area contributed by atoms with Crippen LogP contribution in [0.2, 0.25) is 0 Å². The molecule has 2 N–H and O–H groups in total. The largest absolute Gasteiger partial charge is 0.369 e. The molecule has 1 aliphatic rings. The number of ether oxygens (including phenoxy) is 1. The zero-order valence-electron chi connectivity index (χ0n) is 11.2. The average Bonchev–Trinajstić information content (AvgIpc) is 2.34. The van der Waals surface area contributed by atoms with E-state index in [-0.39, 0.29) is 28.9 Å². The third-order valence-corrected chi connectivity index (χ3v) is 3.45. The van der Waals surface area contributed by atoms with Gasteiger partial charge in [0.15, 0.2) is 0 Å². The molecule has 1 rings (SSSR count).